The highest BCUT2D eigenvalue weighted by atomic mass is 35.5. The van der Waals surface area contributed by atoms with Crippen LogP contribution in [0.25, 0.3) is 5.69 Å². The monoisotopic (exact) mass is 488 g/mol. The molecule has 0 unspecified atom stereocenters. The Balaban J connectivity index is 1.65. The van der Waals surface area contributed by atoms with E-state index >= 15 is 0 Å². The Bertz CT molecular complexity index is 1320. The van der Waals surface area contributed by atoms with Crippen LogP contribution in [0.5, 0.6) is 5.75 Å². The van der Waals surface area contributed by atoms with E-state index in [9.17, 15) is 0 Å². The Morgan fingerprint density at radius 3 is 2.32 bits per heavy atom. The van der Waals surface area contributed by atoms with E-state index < -0.39 is 0 Å². The van der Waals surface area contributed by atoms with Crippen LogP contribution < -0.4 is 15.0 Å². The Kier molecular flexibility index (Phi) is 6.02. The largest absolute Gasteiger partial charge is 0.497 e. The highest BCUT2D eigenvalue weighted by Gasteiger charge is 2.42. The van der Waals surface area contributed by atoms with Gasteiger partial charge in [-0.3, -0.25) is 4.98 Å². The summed E-state index contributed by atoms with van der Waals surface area (Å²) in [5, 5.41) is 4.88. The molecule has 0 bridgehead atoms. The predicted octanol–water partition coefficient (Wildman–Crippen LogP) is 6.33. The van der Waals surface area contributed by atoms with Gasteiger partial charge in [-0.1, -0.05) is 17.7 Å². The summed E-state index contributed by atoms with van der Waals surface area (Å²) in [6, 6.07) is 24.0. The van der Waals surface area contributed by atoms with Crippen LogP contribution in [0.1, 0.15) is 34.7 Å². The lowest BCUT2D eigenvalue weighted by Gasteiger charge is -2.28. The molecule has 5 nitrogen and oxygen atoms in total. The molecular formula is C27H25ClN4OS. The van der Waals surface area contributed by atoms with E-state index in [0.29, 0.717) is 10.1 Å². The lowest BCUT2D eigenvalue weighted by Crippen LogP contribution is -2.29. The number of anilines is 1. The van der Waals surface area contributed by atoms with Crippen molar-refractivity contribution in [3.05, 3.63) is 107 Å². The van der Waals surface area contributed by atoms with Crippen LogP contribution in [-0.2, 0) is 0 Å². The maximum Gasteiger partial charge on any atom is 0.174 e. The van der Waals surface area contributed by atoms with Gasteiger partial charge in [0.15, 0.2) is 5.11 Å². The number of nitrogens with one attached hydrogen (secondary N) is 1. The Hall–Kier alpha value is -3.35. The molecule has 1 fully saturated rings. The topological polar surface area (TPSA) is 42.3 Å². The van der Waals surface area contributed by atoms with Crippen LogP contribution in [0.15, 0.2) is 79.0 Å². The van der Waals surface area contributed by atoms with Crippen LogP contribution in [-0.4, -0.2) is 21.8 Å². The number of pyridine rings is 1. The Morgan fingerprint density at radius 1 is 0.971 bits per heavy atom. The summed E-state index contributed by atoms with van der Waals surface area (Å²) in [6.45, 7) is 4.29. The van der Waals surface area contributed by atoms with Gasteiger partial charge in [-0.05, 0) is 98.4 Å². The minimum atomic E-state index is -0.103. The summed E-state index contributed by atoms with van der Waals surface area (Å²) in [5.41, 5.74) is 6.50. The molecule has 0 amide bonds. The highest BCUT2D eigenvalue weighted by Crippen LogP contribution is 2.43. The van der Waals surface area contributed by atoms with E-state index in [0.717, 1.165) is 34.2 Å². The van der Waals surface area contributed by atoms with E-state index in [1.54, 1.807) is 7.11 Å². The van der Waals surface area contributed by atoms with Crippen molar-refractivity contribution in [2.45, 2.75) is 25.9 Å². The van der Waals surface area contributed by atoms with Crippen molar-refractivity contribution in [3.63, 3.8) is 0 Å². The van der Waals surface area contributed by atoms with E-state index in [-0.39, 0.29) is 12.1 Å². The average molecular weight is 489 g/mol. The van der Waals surface area contributed by atoms with E-state index in [1.165, 1.54) is 5.56 Å². The fourth-order valence-electron chi connectivity index (χ4n) is 4.77. The van der Waals surface area contributed by atoms with Gasteiger partial charge in [0.1, 0.15) is 5.75 Å². The van der Waals surface area contributed by atoms with Crippen molar-refractivity contribution in [1.29, 1.82) is 0 Å². The van der Waals surface area contributed by atoms with Crippen molar-refractivity contribution in [2.24, 2.45) is 0 Å². The van der Waals surface area contributed by atoms with Crippen LogP contribution in [0.4, 0.5) is 5.69 Å². The number of methoxy groups -OCH3 is 1. The summed E-state index contributed by atoms with van der Waals surface area (Å²) < 4.78 is 7.61. The van der Waals surface area contributed by atoms with E-state index in [1.807, 2.05) is 60.8 Å². The second-order valence-electron chi connectivity index (χ2n) is 8.33. The van der Waals surface area contributed by atoms with Gasteiger partial charge in [-0.15, -0.1) is 0 Å². The molecule has 0 aliphatic carbocycles. The number of hydrogen-bond donors (Lipinski definition) is 1. The summed E-state index contributed by atoms with van der Waals surface area (Å²) in [5.74, 6) is 0.834. The summed E-state index contributed by atoms with van der Waals surface area (Å²) in [4.78, 5) is 6.83. The molecule has 2 aromatic heterocycles. The van der Waals surface area contributed by atoms with Crippen molar-refractivity contribution in [2.75, 3.05) is 12.0 Å². The highest BCUT2D eigenvalue weighted by molar-refractivity contribution is 7.80. The van der Waals surface area contributed by atoms with Gasteiger partial charge in [0.05, 0.1) is 24.9 Å². The molecule has 5 rings (SSSR count). The number of rotatable bonds is 5. The molecule has 1 saturated heterocycles. The second kappa shape index (κ2) is 9.12. The van der Waals surface area contributed by atoms with Gasteiger partial charge in [0.2, 0.25) is 0 Å². The van der Waals surface area contributed by atoms with Crippen molar-refractivity contribution in [3.8, 4) is 11.4 Å². The van der Waals surface area contributed by atoms with Crippen LogP contribution in [0.3, 0.4) is 0 Å². The number of thiocarbonyl (C=S) groups is 1. The molecule has 2 atom stereocenters. The van der Waals surface area contributed by atoms with Crippen molar-refractivity contribution >= 4 is 34.6 Å². The molecule has 0 spiro atoms. The van der Waals surface area contributed by atoms with Gasteiger partial charge in [0, 0.05) is 34.0 Å². The minimum Gasteiger partial charge on any atom is -0.497 e. The minimum absolute atomic E-state index is 0.0817. The van der Waals surface area contributed by atoms with Gasteiger partial charge >= 0.3 is 0 Å². The van der Waals surface area contributed by atoms with E-state index in [2.05, 4.69) is 51.8 Å². The first kappa shape index (κ1) is 22.4. The molecule has 0 saturated carbocycles. The average Bonchev–Trinajstić information content (AvgIpc) is 3.35. The third-order valence-corrected chi connectivity index (χ3v) is 6.89. The Morgan fingerprint density at radius 2 is 1.68 bits per heavy atom. The summed E-state index contributed by atoms with van der Waals surface area (Å²) >= 11 is 12.0. The molecule has 172 valence electrons. The van der Waals surface area contributed by atoms with Gasteiger partial charge in [0.25, 0.3) is 0 Å². The molecule has 1 aliphatic rings. The van der Waals surface area contributed by atoms with Crippen LogP contribution >= 0.6 is 23.8 Å². The number of ether oxygens (including phenoxy) is 1. The normalized spacial score (nSPS) is 17.6. The molecule has 34 heavy (non-hydrogen) atoms. The number of aromatic nitrogens is 2. The Labute approximate surface area is 210 Å². The molecule has 3 heterocycles. The maximum absolute atomic E-state index is 6.18. The van der Waals surface area contributed by atoms with Crippen LogP contribution in [0, 0.1) is 13.8 Å². The summed E-state index contributed by atoms with van der Waals surface area (Å²) in [7, 11) is 1.68. The summed E-state index contributed by atoms with van der Waals surface area (Å²) in [6.07, 6.45) is 1.82. The van der Waals surface area contributed by atoms with E-state index in [4.69, 9.17) is 28.6 Å². The predicted molar refractivity (Wildman–Crippen MR) is 141 cm³/mol. The molecule has 1 aliphatic heterocycles. The first-order valence-electron chi connectivity index (χ1n) is 11.1. The van der Waals surface area contributed by atoms with Crippen molar-refractivity contribution in [1.82, 2.24) is 14.9 Å². The molecular weight excluding hydrogens is 464 g/mol. The maximum atomic E-state index is 6.18. The third kappa shape index (κ3) is 3.93. The standard InChI is InChI=1S/C27H25ClN4OS/c1-17-16-23(18(2)31(17)20-11-13-22(33-3)14-12-20)26-25(24-6-4-5-15-29-24)30-27(34)32(26)21-9-7-19(28)8-10-21/h4-16,25-26H,1-3H3,(H,30,34)/t25-,26-/m0/s1. The zero-order chi connectivity index (χ0) is 23.8. The quantitative estimate of drug-likeness (QED) is 0.332. The second-order valence-corrected chi connectivity index (χ2v) is 9.16. The van der Waals surface area contributed by atoms with Gasteiger partial charge in [-0.2, -0.15) is 0 Å². The smallest absolute Gasteiger partial charge is 0.174 e. The zero-order valence-electron chi connectivity index (χ0n) is 19.2. The molecule has 0 radical (unpaired) electrons. The lowest BCUT2D eigenvalue weighted by atomic mass is 9.96. The number of nitrogens with zero attached hydrogens (tertiary/aromatic N) is 3. The van der Waals surface area contributed by atoms with Crippen LogP contribution in [0.2, 0.25) is 5.02 Å². The third-order valence-electron chi connectivity index (χ3n) is 6.32. The first-order chi connectivity index (χ1) is 16.5. The lowest BCUT2D eigenvalue weighted by molar-refractivity contribution is 0.414. The van der Waals surface area contributed by atoms with Crippen molar-refractivity contribution < 1.29 is 4.74 Å². The molecule has 7 heteroatoms. The molecule has 2 aromatic carbocycles. The number of benzene rings is 2. The zero-order valence-corrected chi connectivity index (χ0v) is 20.8. The molecule has 1 N–H and O–H groups in total. The fourth-order valence-corrected chi connectivity index (χ4v) is 5.24. The number of aryl methyl sites for hydroxylation is 1. The van der Waals surface area contributed by atoms with Gasteiger partial charge in [-0.25, -0.2) is 0 Å². The SMILES string of the molecule is COc1ccc(-n2c(C)cc([C@H]3[C@H](c4ccccn4)NC(=S)N3c3ccc(Cl)cc3)c2C)cc1. The number of hydrogen-bond acceptors (Lipinski definition) is 3. The number of halogens is 1. The van der Waals surface area contributed by atoms with Gasteiger partial charge < -0.3 is 19.5 Å². The molecule has 4 aromatic rings. The first-order valence-corrected chi connectivity index (χ1v) is 11.9. The fraction of sp³-hybridized carbons (Fsp3) is 0.185.